The molecule has 0 bridgehead atoms. The molecule has 0 spiro atoms. The van der Waals surface area contributed by atoms with E-state index in [1.807, 2.05) is 0 Å². The van der Waals surface area contributed by atoms with Gasteiger partial charge in [-0.2, -0.15) is 0 Å². The second-order valence-corrected chi connectivity index (χ2v) is 3.13. The smallest absolute Gasteiger partial charge is 0.293 e. The average molecular weight is 240 g/mol. The predicted molar refractivity (Wildman–Crippen MR) is 55.3 cm³/mol. The van der Waals surface area contributed by atoms with Crippen LogP contribution in [0.4, 0.5) is 11.4 Å². The van der Waals surface area contributed by atoms with Gasteiger partial charge >= 0.3 is 0 Å². The zero-order valence-electron chi connectivity index (χ0n) is 8.73. The van der Waals surface area contributed by atoms with Crippen LogP contribution in [0.25, 0.3) is 0 Å². The maximum absolute atomic E-state index is 10.7. The number of carbonyl (C=O) groups is 1. The van der Waals surface area contributed by atoms with Crippen LogP contribution in [0.1, 0.15) is 18.6 Å². The Labute approximate surface area is 95.1 Å². The highest BCUT2D eigenvalue weighted by atomic mass is 16.6. The molecule has 0 aromatic heterocycles. The second-order valence-electron chi connectivity index (χ2n) is 3.13. The van der Waals surface area contributed by atoms with Gasteiger partial charge in [0.1, 0.15) is 6.10 Å². The van der Waals surface area contributed by atoms with Crippen LogP contribution in [0.5, 0.6) is 0 Å². The Morgan fingerprint density at radius 1 is 1.29 bits per heavy atom. The summed E-state index contributed by atoms with van der Waals surface area (Å²) in [5.74, 6) is 0. The van der Waals surface area contributed by atoms with Crippen LogP contribution in [0.3, 0.4) is 0 Å². The number of nitro benzene ring substituents is 2. The van der Waals surface area contributed by atoms with Gasteiger partial charge in [0.05, 0.1) is 21.5 Å². The molecule has 8 heteroatoms. The highest BCUT2D eigenvalue weighted by Gasteiger charge is 2.23. The molecular formula is C9H8N2O6. The Kier molecular flexibility index (Phi) is 3.70. The second kappa shape index (κ2) is 5.01. The molecule has 0 aliphatic heterocycles. The van der Waals surface area contributed by atoms with Crippen molar-refractivity contribution in [3.8, 4) is 0 Å². The van der Waals surface area contributed by atoms with E-state index in [2.05, 4.69) is 4.74 Å². The normalized spacial score (nSPS) is 11.6. The molecule has 90 valence electrons. The lowest BCUT2D eigenvalue weighted by molar-refractivity contribution is -0.394. The third kappa shape index (κ3) is 2.74. The van der Waals surface area contributed by atoms with Gasteiger partial charge in [-0.15, -0.1) is 0 Å². The van der Waals surface area contributed by atoms with Crippen molar-refractivity contribution in [3.05, 3.63) is 44.0 Å². The molecule has 1 atom stereocenters. The van der Waals surface area contributed by atoms with Gasteiger partial charge in [0, 0.05) is 6.07 Å². The number of benzene rings is 1. The highest BCUT2D eigenvalue weighted by molar-refractivity contribution is 5.51. The highest BCUT2D eigenvalue weighted by Crippen LogP contribution is 2.30. The maximum Gasteiger partial charge on any atom is 0.293 e. The van der Waals surface area contributed by atoms with Gasteiger partial charge in [-0.25, -0.2) is 0 Å². The van der Waals surface area contributed by atoms with Crippen molar-refractivity contribution in [3.63, 3.8) is 0 Å². The Morgan fingerprint density at radius 3 is 2.41 bits per heavy atom. The first kappa shape index (κ1) is 12.6. The molecule has 0 saturated carbocycles. The van der Waals surface area contributed by atoms with E-state index in [1.54, 1.807) is 0 Å². The molecule has 0 amide bonds. The van der Waals surface area contributed by atoms with E-state index in [1.165, 1.54) is 13.0 Å². The van der Waals surface area contributed by atoms with Crippen LogP contribution in [-0.2, 0) is 9.53 Å². The van der Waals surface area contributed by atoms with Gasteiger partial charge in [-0.3, -0.25) is 25.0 Å². The van der Waals surface area contributed by atoms with Gasteiger partial charge in [0.25, 0.3) is 17.8 Å². The Hall–Kier alpha value is -2.51. The van der Waals surface area contributed by atoms with Crippen LogP contribution in [0.15, 0.2) is 18.2 Å². The summed E-state index contributed by atoms with van der Waals surface area (Å²) < 4.78 is 4.56. The summed E-state index contributed by atoms with van der Waals surface area (Å²) in [6.07, 6.45) is -0.839. The zero-order chi connectivity index (χ0) is 13.0. The van der Waals surface area contributed by atoms with E-state index in [0.29, 0.717) is 0 Å². The van der Waals surface area contributed by atoms with Gasteiger partial charge in [-0.05, 0) is 13.0 Å². The third-order valence-electron chi connectivity index (χ3n) is 2.12. The van der Waals surface area contributed by atoms with E-state index in [4.69, 9.17) is 0 Å². The van der Waals surface area contributed by atoms with E-state index < -0.39 is 27.3 Å². The molecule has 1 unspecified atom stereocenters. The largest absolute Gasteiger partial charge is 0.460 e. The van der Waals surface area contributed by atoms with Crippen LogP contribution in [0, 0.1) is 20.2 Å². The van der Waals surface area contributed by atoms with Gasteiger partial charge < -0.3 is 4.74 Å². The van der Waals surface area contributed by atoms with E-state index >= 15 is 0 Å². The first-order valence-electron chi connectivity index (χ1n) is 4.49. The van der Waals surface area contributed by atoms with E-state index in [-0.39, 0.29) is 12.0 Å². The molecular weight excluding hydrogens is 232 g/mol. The third-order valence-corrected chi connectivity index (χ3v) is 2.12. The van der Waals surface area contributed by atoms with Gasteiger partial charge in [-0.1, -0.05) is 0 Å². The maximum atomic E-state index is 10.7. The topological polar surface area (TPSA) is 113 Å². The molecule has 0 radical (unpaired) electrons. The minimum absolute atomic E-state index is 0.104. The van der Waals surface area contributed by atoms with Crippen LogP contribution < -0.4 is 0 Å². The monoisotopic (exact) mass is 240 g/mol. The molecule has 0 aliphatic rings. The molecule has 1 aromatic rings. The van der Waals surface area contributed by atoms with Crippen molar-refractivity contribution in [1.82, 2.24) is 0 Å². The summed E-state index contributed by atoms with van der Waals surface area (Å²) >= 11 is 0. The molecule has 0 fully saturated rings. The number of ether oxygens (including phenoxy) is 1. The summed E-state index contributed by atoms with van der Waals surface area (Å²) in [5, 5.41) is 21.2. The molecule has 0 N–H and O–H groups in total. The SMILES string of the molecule is CC(OC=O)c1ccc([N+](=O)[O-])cc1[N+](=O)[O-]. The summed E-state index contributed by atoms with van der Waals surface area (Å²) in [6, 6.07) is 3.15. The first-order valence-corrected chi connectivity index (χ1v) is 4.49. The number of nitro groups is 2. The van der Waals surface area contributed by atoms with Crippen molar-refractivity contribution >= 4 is 17.8 Å². The van der Waals surface area contributed by atoms with Crippen molar-refractivity contribution in [2.24, 2.45) is 0 Å². The van der Waals surface area contributed by atoms with Crippen LogP contribution >= 0.6 is 0 Å². The number of nitrogens with zero attached hydrogens (tertiary/aromatic N) is 2. The Bertz CT molecular complexity index is 473. The summed E-state index contributed by atoms with van der Waals surface area (Å²) in [5.41, 5.74) is -0.736. The van der Waals surface area contributed by atoms with Crippen molar-refractivity contribution in [2.45, 2.75) is 13.0 Å². The number of carbonyl (C=O) groups excluding carboxylic acids is 1. The van der Waals surface area contributed by atoms with E-state index in [0.717, 1.165) is 12.1 Å². The molecule has 1 aromatic carbocycles. The van der Waals surface area contributed by atoms with Gasteiger partial charge in [0.15, 0.2) is 0 Å². The molecule has 0 heterocycles. The lowest BCUT2D eigenvalue weighted by Crippen LogP contribution is -2.03. The number of non-ortho nitro benzene ring substituents is 1. The minimum Gasteiger partial charge on any atom is -0.460 e. The zero-order valence-corrected chi connectivity index (χ0v) is 8.73. The van der Waals surface area contributed by atoms with Crippen molar-refractivity contribution in [2.75, 3.05) is 0 Å². The van der Waals surface area contributed by atoms with Crippen molar-refractivity contribution in [1.29, 1.82) is 0 Å². The summed E-state index contributed by atoms with van der Waals surface area (Å²) in [6.45, 7) is 1.60. The van der Waals surface area contributed by atoms with Crippen LogP contribution in [-0.4, -0.2) is 16.3 Å². The molecule has 1 rings (SSSR count). The minimum atomic E-state index is -0.839. The van der Waals surface area contributed by atoms with Crippen LogP contribution in [0.2, 0.25) is 0 Å². The molecule has 0 aliphatic carbocycles. The molecule has 8 nitrogen and oxygen atoms in total. The fraction of sp³-hybridized carbons (Fsp3) is 0.222. The fourth-order valence-electron chi connectivity index (χ4n) is 1.30. The fourth-order valence-corrected chi connectivity index (χ4v) is 1.30. The number of hydrogen-bond acceptors (Lipinski definition) is 6. The average Bonchev–Trinajstić information content (AvgIpc) is 2.28. The molecule has 0 saturated heterocycles. The number of hydrogen-bond donors (Lipinski definition) is 0. The first-order chi connectivity index (χ1) is 7.97. The van der Waals surface area contributed by atoms with Gasteiger partial charge in [0.2, 0.25) is 0 Å². The predicted octanol–water partition coefficient (Wildman–Crippen LogP) is 1.74. The van der Waals surface area contributed by atoms with Crippen molar-refractivity contribution < 1.29 is 19.4 Å². The lowest BCUT2D eigenvalue weighted by Gasteiger charge is -2.09. The summed E-state index contributed by atoms with van der Waals surface area (Å²) in [4.78, 5) is 29.9. The standard InChI is InChI=1S/C9H8N2O6/c1-6(17-5-12)8-3-2-7(10(13)14)4-9(8)11(15)16/h2-6H,1H3. The quantitative estimate of drug-likeness (QED) is 0.440. The Balaban J connectivity index is 3.26. The van der Waals surface area contributed by atoms with E-state index in [9.17, 15) is 25.0 Å². The lowest BCUT2D eigenvalue weighted by atomic mass is 10.1. The Morgan fingerprint density at radius 2 is 1.94 bits per heavy atom. The summed E-state index contributed by atoms with van der Waals surface area (Å²) in [7, 11) is 0. The molecule has 17 heavy (non-hydrogen) atoms. The number of rotatable bonds is 5.